The Bertz CT molecular complexity index is 993. The minimum atomic E-state index is 0.843. The maximum absolute atomic E-state index is 5.28. The van der Waals surface area contributed by atoms with Crippen LogP contribution in [0.5, 0.6) is 5.75 Å². The summed E-state index contributed by atoms with van der Waals surface area (Å²) in [5.41, 5.74) is 6.60. The lowest BCUT2D eigenvalue weighted by Gasteiger charge is -2.12. The number of hydrogen-bond donors (Lipinski definition) is 0. The number of aromatic nitrogens is 1. The van der Waals surface area contributed by atoms with Gasteiger partial charge in [0.15, 0.2) is 0 Å². The fraction of sp³-hybridized carbons (Fsp3) is 0.0417. The van der Waals surface area contributed by atoms with Gasteiger partial charge in [0.25, 0.3) is 0 Å². The highest BCUT2D eigenvalue weighted by atomic mass is 16.5. The molecule has 0 aliphatic carbocycles. The van der Waals surface area contributed by atoms with Crippen molar-refractivity contribution < 1.29 is 4.74 Å². The van der Waals surface area contributed by atoms with E-state index in [9.17, 15) is 0 Å². The van der Waals surface area contributed by atoms with Crippen molar-refractivity contribution in [3.63, 3.8) is 0 Å². The fourth-order valence-corrected chi connectivity index (χ4v) is 3.07. The van der Waals surface area contributed by atoms with E-state index >= 15 is 0 Å². The lowest BCUT2D eigenvalue weighted by molar-refractivity contribution is 0.415. The molecule has 4 aromatic rings. The third-order valence-corrected chi connectivity index (χ3v) is 4.44. The van der Waals surface area contributed by atoms with Crippen molar-refractivity contribution in [1.29, 1.82) is 0 Å². The van der Waals surface area contributed by atoms with Crippen LogP contribution in [0.3, 0.4) is 0 Å². The van der Waals surface area contributed by atoms with Crippen molar-refractivity contribution in [3.8, 4) is 39.3 Å². The Morgan fingerprint density at radius 1 is 0.615 bits per heavy atom. The van der Waals surface area contributed by atoms with E-state index in [-0.39, 0.29) is 0 Å². The first-order valence-corrected chi connectivity index (χ1v) is 8.60. The Balaban J connectivity index is 1.88. The lowest BCUT2D eigenvalue weighted by atomic mass is 9.96. The molecule has 0 unspecified atom stereocenters. The first kappa shape index (κ1) is 16.1. The fourth-order valence-electron chi connectivity index (χ4n) is 3.07. The minimum Gasteiger partial charge on any atom is -0.497 e. The maximum atomic E-state index is 5.28. The summed E-state index contributed by atoms with van der Waals surface area (Å²) in [5.74, 6) is 0.843. The standard InChI is InChI=1S/C24H19NO/c1-26-22-14-12-20(13-15-22)24-23(19-10-6-3-7-11-19)16-21(17-25-24)18-8-4-2-5-9-18/h2-17H,1H3. The zero-order chi connectivity index (χ0) is 17.8. The van der Waals surface area contributed by atoms with E-state index in [1.54, 1.807) is 7.11 Å². The third kappa shape index (κ3) is 3.22. The zero-order valence-electron chi connectivity index (χ0n) is 14.6. The summed E-state index contributed by atoms with van der Waals surface area (Å²) in [6, 6.07) is 31.0. The Morgan fingerprint density at radius 2 is 1.23 bits per heavy atom. The van der Waals surface area contributed by atoms with E-state index in [1.807, 2.05) is 30.5 Å². The van der Waals surface area contributed by atoms with Gasteiger partial charge in [0, 0.05) is 22.9 Å². The maximum Gasteiger partial charge on any atom is 0.118 e. The first-order valence-electron chi connectivity index (χ1n) is 8.60. The highest BCUT2D eigenvalue weighted by Crippen LogP contribution is 2.34. The van der Waals surface area contributed by atoms with Gasteiger partial charge in [-0.1, -0.05) is 60.7 Å². The topological polar surface area (TPSA) is 22.1 Å². The molecule has 2 nitrogen and oxygen atoms in total. The normalized spacial score (nSPS) is 10.5. The number of rotatable bonds is 4. The molecule has 0 aliphatic heterocycles. The van der Waals surface area contributed by atoms with E-state index in [0.29, 0.717) is 0 Å². The second-order valence-electron chi connectivity index (χ2n) is 6.08. The van der Waals surface area contributed by atoms with Crippen LogP contribution in [0.25, 0.3) is 33.5 Å². The average molecular weight is 337 g/mol. The summed E-state index contributed by atoms with van der Waals surface area (Å²) < 4.78 is 5.28. The molecule has 4 rings (SSSR count). The molecule has 0 amide bonds. The molecule has 126 valence electrons. The third-order valence-electron chi connectivity index (χ3n) is 4.44. The van der Waals surface area contributed by atoms with Gasteiger partial charge < -0.3 is 4.74 Å². The molecule has 0 atom stereocenters. The Hall–Kier alpha value is -3.39. The lowest BCUT2D eigenvalue weighted by Crippen LogP contribution is -1.92. The number of benzene rings is 3. The molecule has 1 aromatic heterocycles. The van der Waals surface area contributed by atoms with E-state index in [1.165, 1.54) is 5.56 Å². The summed E-state index contributed by atoms with van der Waals surface area (Å²) in [6.45, 7) is 0. The predicted octanol–water partition coefficient (Wildman–Crippen LogP) is 6.09. The highest BCUT2D eigenvalue weighted by Gasteiger charge is 2.11. The first-order chi connectivity index (χ1) is 12.8. The molecule has 0 saturated carbocycles. The number of methoxy groups -OCH3 is 1. The van der Waals surface area contributed by atoms with Crippen molar-refractivity contribution in [2.75, 3.05) is 7.11 Å². The molecule has 0 aliphatic rings. The molecular weight excluding hydrogens is 318 g/mol. The largest absolute Gasteiger partial charge is 0.497 e. The van der Waals surface area contributed by atoms with Crippen LogP contribution >= 0.6 is 0 Å². The number of nitrogens with zero attached hydrogens (tertiary/aromatic N) is 1. The average Bonchev–Trinajstić information content (AvgIpc) is 2.75. The van der Waals surface area contributed by atoms with Crippen molar-refractivity contribution in [2.45, 2.75) is 0 Å². The van der Waals surface area contributed by atoms with Crippen LogP contribution in [0.15, 0.2) is 97.2 Å². The molecule has 0 saturated heterocycles. The van der Waals surface area contributed by atoms with E-state index in [4.69, 9.17) is 9.72 Å². The smallest absolute Gasteiger partial charge is 0.118 e. The Kier molecular flexibility index (Phi) is 4.48. The van der Waals surface area contributed by atoms with Gasteiger partial charge in [0.05, 0.1) is 12.8 Å². The van der Waals surface area contributed by atoms with Crippen LogP contribution < -0.4 is 4.74 Å². The van der Waals surface area contributed by atoms with E-state index in [2.05, 4.69) is 66.7 Å². The van der Waals surface area contributed by atoms with Crippen molar-refractivity contribution in [1.82, 2.24) is 4.98 Å². The monoisotopic (exact) mass is 337 g/mol. The quantitative estimate of drug-likeness (QED) is 0.449. The van der Waals surface area contributed by atoms with Crippen LogP contribution in [0.4, 0.5) is 0 Å². The van der Waals surface area contributed by atoms with Gasteiger partial charge >= 0.3 is 0 Å². The Labute approximate surface area is 153 Å². The summed E-state index contributed by atoms with van der Waals surface area (Å²) in [5, 5.41) is 0. The van der Waals surface area contributed by atoms with Crippen LogP contribution in [-0.4, -0.2) is 12.1 Å². The highest BCUT2D eigenvalue weighted by molar-refractivity contribution is 5.84. The van der Waals surface area contributed by atoms with Crippen LogP contribution in [-0.2, 0) is 0 Å². The second kappa shape index (κ2) is 7.24. The van der Waals surface area contributed by atoms with Crippen molar-refractivity contribution in [3.05, 3.63) is 97.2 Å². The molecule has 26 heavy (non-hydrogen) atoms. The summed E-state index contributed by atoms with van der Waals surface area (Å²) in [7, 11) is 1.68. The molecule has 0 N–H and O–H groups in total. The van der Waals surface area contributed by atoms with Crippen molar-refractivity contribution in [2.24, 2.45) is 0 Å². The van der Waals surface area contributed by atoms with Crippen LogP contribution in [0, 0.1) is 0 Å². The van der Waals surface area contributed by atoms with Crippen LogP contribution in [0.1, 0.15) is 0 Å². The van der Waals surface area contributed by atoms with Crippen LogP contribution in [0.2, 0.25) is 0 Å². The van der Waals surface area contributed by atoms with Gasteiger partial charge in [0.1, 0.15) is 5.75 Å². The van der Waals surface area contributed by atoms with Gasteiger partial charge in [-0.2, -0.15) is 0 Å². The predicted molar refractivity (Wildman–Crippen MR) is 107 cm³/mol. The van der Waals surface area contributed by atoms with Gasteiger partial charge in [-0.15, -0.1) is 0 Å². The molecule has 3 aromatic carbocycles. The minimum absolute atomic E-state index is 0.843. The molecule has 0 spiro atoms. The molecule has 2 heteroatoms. The second-order valence-corrected chi connectivity index (χ2v) is 6.08. The van der Waals surface area contributed by atoms with E-state index in [0.717, 1.165) is 33.7 Å². The SMILES string of the molecule is COc1ccc(-c2ncc(-c3ccccc3)cc2-c2ccccc2)cc1. The summed E-state index contributed by atoms with van der Waals surface area (Å²) in [4.78, 5) is 4.82. The van der Waals surface area contributed by atoms with Crippen molar-refractivity contribution >= 4 is 0 Å². The van der Waals surface area contributed by atoms with E-state index < -0.39 is 0 Å². The number of hydrogen-bond acceptors (Lipinski definition) is 2. The molecular formula is C24H19NO. The number of ether oxygens (including phenoxy) is 1. The summed E-state index contributed by atoms with van der Waals surface area (Å²) >= 11 is 0. The molecule has 0 bridgehead atoms. The van der Waals surface area contributed by atoms with Gasteiger partial charge in [-0.25, -0.2) is 0 Å². The summed E-state index contributed by atoms with van der Waals surface area (Å²) in [6.07, 6.45) is 1.95. The molecule has 0 fully saturated rings. The molecule has 0 radical (unpaired) electrons. The van der Waals surface area contributed by atoms with Gasteiger partial charge in [-0.05, 0) is 41.5 Å². The Morgan fingerprint density at radius 3 is 1.85 bits per heavy atom. The number of pyridine rings is 1. The van der Waals surface area contributed by atoms with Gasteiger partial charge in [-0.3, -0.25) is 4.98 Å². The molecule has 1 heterocycles. The zero-order valence-corrected chi connectivity index (χ0v) is 14.6. The van der Waals surface area contributed by atoms with Gasteiger partial charge in [0.2, 0.25) is 0 Å².